The molecule has 0 aliphatic heterocycles. The van der Waals surface area contributed by atoms with Gasteiger partial charge in [0.05, 0.1) is 0 Å². The molecule has 1 aliphatic carbocycles. The van der Waals surface area contributed by atoms with Crippen LogP contribution in [0.25, 0.3) is 0 Å². The standard InChI is InChI=1S/C21H19FN2/c22-19-8-7-16(21(12-19)15-5-6-15)11-20(17-3-1-9-23-13-17)18-4-2-10-24-14-18/h1-4,7-10,12-15,20H,5-6,11H2. The molecule has 0 radical (unpaired) electrons. The van der Waals surface area contributed by atoms with Crippen LogP contribution in [0.2, 0.25) is 0 Å². The molecule has 2 heterocycles. The number of rotatable bonds is 5. The lowest BCUT2D eigenvalue weighted by molar-refractivity contribution is 0.623. The van der Waals surface area contributed by atoms with Gasteiger partial charge >= 0.3 is 0 Å². The predicted molar refractivity (Wildman–Crippen MR) is 92.4 cm³/mol. The molecular formula is C21H19FN2. The lowest BCUT2D eigenvalue weighted by Gasteiger charge is -2.19. The lowest BCUT2D eigenvalue weighted by Crippen LogP contribution is -2.08. The number of benzene rings is 1. The third kappa shape index (κ3) is 3.21. The molecule has 1 aliphatic rings. The highest BCUT2D eigenvalue weighted by molar-refractivity contribution is 5.38. The van der Waals surface area contributed by atoms with Crippen LogP contribution in [0.5, 0.6) is 0 Å². The van der Waals surface area contributed by atoms with Gasteiger partial charge in [-0.15, -0.1) is 0 Å². The van der Waals surface area contributed by atoms with E-state index < -0.39 is 0 Å². The number of pyridine rings is 2. The molecule has 2 nitrogen and oxygen atoms in total. The second-order valence-corrected chi connectivity index (χ2v) is 6.45. The summed E-state index contributed by atoms with van der Waals surface area (Å²) < 4.78 is 13.7. The van der Waals surface area contributed by atoms with Crippen LogP contribution in [0, 0.1) is 5.82 Å². The molecule has 3 heteroatoms. The first kappa shape index (κ1) is 15.0. The van der Waals surface area contributed by atoms with Crippen LogP contribution in [-0.2, 0) is 6.42 Å². The summed E-state index contributed by atoms with van der Waals surface area (Å²) in [6.07, 6.45) is 10.6. The van der Waals surface area contributed by atoms with Crippen LogP contribution in [0.4, 0.5) is 4.39 Å². The van der Waals surface area contributed by atoms with Crippen LogP contribution in [0.15, 0.2) is 67.3 Å². The van der Waals surface area contributed by atoms with Gasteiger partial charge in [0.2, 0.25) is 0 Å². The SMILES string of the molecule is Fc1ccc(CC(c2cccnc2)c2cccnc2)c(C2CC2)c1. The van der Waals surface area contributed by atoms with E-state index in [9.17, 15) is 4.39 Å². The highest BCUT2D eigenvalue weighted by Gasteiger charge is 2.27. The van der Waals surface area contributed by atoms with Crippen molar-refractivity contribution in [1.82, 2.24) is 9.97 Å². The Morgan fingerprint density at radius 1 is 0.958 bits per heavy atom. The van der Waals surface area contributed by atoms with Gasteiger partial charge in [0.15, 0.2) is 0 Å². The van der Waals surface area contributed by atoms with Crippen LogP contribution in [-0.4, -0.2) is 9.97 Å². The van der Waals surface area contributed by atoms with Gasteiger partial charge in [0.25, 0.3) is 0 Å². The number of halogens is 1. The maximum absolute atomic E-state index is 13.7. The Hall–Kier alpha value is -2.55. The molecule has 0 bridgehead atoms. The van der Waals surface area contributed by atoms with Crippen molar-refractivity contribution in [2.24, 2.45) is 0 Å². The van der Waals surface area contributed by atoms with E-state index in [2.05, 4.69) is 22.1 Å². The van der Waals surface area contributed by atoms with E-state index in [1.807, 2.05) is 30.6 Å². The van der Waals surface area contributed by atoms with E-state index in [0.717, 1.165) is 17.5 Å². The third-order valence-corrected chi connectivity index (χ3v) is 4.72. The fraction of sp³-hybridized carbons (Fsp3) is 0.238. The molecule has 0 spiro atoms. The quantitative estimate of drug-likeness (QED) is 0.671. The highest BCUT2D eigenvalue weighted by atomic mass is 19.1. The van der Waals surface area contributed by atoms with E-state index in [0.29, 0.717) is 5.92 Å². The zero-order valence-corrected chi connectivity index (χ0v) is 13.4. The first-order valence-corrected chi connectivity index (χ1v) is 8.39. The van der Waals surface area contributed by atoms with Crippen molar-refractivity contribution >= 4 is 0 Å². The van der Waals surface area contributed by atoms with E-state index in [-0.39, 0.29) is 11.7 Å². The van der Waals surface area contributed by atoms with Gasteiger partial charge in [-0.25, -0.2) is 4.39 Å². The Bertz CT molecular complexity index is 774. The Labute approximate surface area is 141 Å². The maximum atomic E-state index is 13.7. The van der Waals surface area contributed by atoms with E-state index in [4.69, 9.17) is 0 Å². The maximum Gasteiger partial charge on any atom is 0.123 e. The molecular weight excluding hydrogens is 299 g/mol. The first-order chi connectivity index (χ1) is 11.8. The van der Waals surface area contributed by atoms with Crippen LogP contribution >= 0.6 is 0 Å². The third-order valence-electron chi connectivity index (χ3n) is 4.72. The van der Waals surface area contributed by atoms with Crippen LogP contribution in [0.1, 0.15) is 46.9 Å². The molecule has 120 valence electrons. The minimum atomic E-state index is -0.139. The second kappa shape index (κ2) is 6.52. The molecule has 24 heavy (non-hydrogen) atoms. The Kier molecular flexibility index (Phi) is 4.08. The molecule has 1 saturated carbocycles. The molecule has 0 saturated heterocycles. The zero-order chi connectivity index (χ0) is 16.4. The molecule has 0 unspecified atom stereocenters. The first-order valence-electron chi connectivity index (χ1n) is 8.39. The van der Waals surface area contributed by atoms with Crippen molar-refractivity contribution in [1.29, 1.82) is 0 Å². The molecule has 0 amide bonds. The summed E-state index contributed by atoms with van der Waals surface area (Å²) in [7, 11) is 0. The van der Waals surface area contributed by atoms with Crippen molar-refractivity contribution in [2.45, 2.75) is 31.1 Å². The normalized spacial score (nSPS) is 14.1. The van der Waals surface area contributed by atoms with Crippen LogP contribution in [0.3, 0.4) is 0 Å². The van der Waals surface area contributed by atoms with Gasteiger partial charge in [0, 0.05) is 30.7 Å². The number of nitrogens with zero attached hydrogens (tertiary/aromatic N) is 2. The van der Waals surface area contributed by atoms with Crippen molar-refractivity contribution in [3.05, 3.63) is 95.3 Å². The average molecular weight is 318 g/mol. The predicted octanol–water partition coefficient (Wildman–Crippen LogP) is 4.87. The summed E-state index contributed by atoms with van der Waals surface area (Å²) in [5.74, 6) is 0.564. The number of aromatic nitrogens is 2. The summed E-state index contributed by atoms with van der Waals surface area (Å²) in [4.78, 5) is 8.55. The van der Waals surface area contributed by atoms with E-state index in [1.54, 1.807) is 24.5 Å². The van der Waals surface area contributed by atoms with E-state index >= 15 is 0 Å². The average Bonchev–Trinajstić information content (AvgIpc) is 3.47. The molecule has 1 aromatic carbocycles. The molecule has 1 fully saturated rings. The molecule has 2 aromatic heterocycles. The summed E-state index contributed by atoms with van der Waals surface area (Å²) in [6.45, 7) is 0. The van der Waals surface area contributed by atoms with Gasteiger partial charge in [-0.1, -0.05) is 18.2 Å². The second-order valence-electron chi connectivity index (χ2n) is 6.45. The zero-order valence-electron chi connectivity index (χ0n) is 13.4. The van der Waals surface area contributed by atoms with Crippen molar-refractivity contribution in [2.75, 3.05) is 0 Å². The number of hydrogen-bond acceptors (Lipinski definition) is 2. The molecule has 0 atom stereocenters. The van der Waals surface area contributed by atoms with Gasteiger partial charge < -0.3 is 0 Å². The van der Waals surface area contributed by atoms with Crippen molar-refractivity contribution < 1.29 is 4.39 Å². The highest BCUT2D eigenvalue weighted by Crippen LogP contribution is 2.43. The minimum absolute atomic E-state index is 0.139. The van der Waals surface area contributed by atoms with Crippen molar-refractivity contribution in [3.8, 4) is 0 Å². The minimum Gasteiger partial charge on any atom is -0.264 e. The topological polar surface area (TPSA) is 25.8 Å². The smallest absolute Gasteiger partial charge is 0.123 e. The fourth-order valence-electron chi connectivity index (χ4n) is 3.34. The van der Waals surface area contributed by atoms with E-state index in [1.165, 1.54) is 24.0 Å². The Balaban J connectivity index is 1.73. The lowest BCUT2D eigenvalue weighted by atomic mass is 9.85. The molecule has 4 rings (SSSR count). The molecule has 0 N–H and O–H groups in total. The van der Waals surface area contributed by atoms with Crippen molar-refractivity contribution in [3.63, 3.8) is 0 Å². The summed E-state index contributed by atoms with van der Waals surface area (Å²) in [6, 6.07) is 13.4. The Morgan fingerprint density at radius 3 is 2.17 bits per heavy atom. The molecule has 3 aromatic rings. The fourth-order valence-corrected chi connectivity index (χ4v) is 3.34. The van der Waals surface area contributed by atoms with Crippen LogP contribution < -0.4 is 0 Å². The largest absolute Gasteiger partial charge is 0.264 e. The Morgan fingerprint density at radius 2 is 1.62 bits per heavy atom. The summed E-state index contributed by atoms with van der Waals surface area (Å²) in [5, 5.41) is 0. The monoisotopic (exact) mass is 318 g/mol. The number of hydrogen-bond donors (Lipinski definition) is 0. The van der Waals surface area contributed by atoms with Gasteiger partial charge in [-0.05, 0) is 71.7 Å². The van der Waals surface area contributed by atoms with Gasteiger partial charge in [-0.3, -0.25) is 9.97 Å². The summed E-state index contributed by atoms with van der Waals surface area (Å²) in [5.41, 5.74) is 4.73. The van der Waals surface area contributed by atoms with Gasteiger partial charge in [0.1, 0.15) is 5.82 Å². The summed E-state index contributed by atoms with van der Waals surface area (Å²) >= 11 is 0. The van der Waals surface area contributed by atoms with Gasteiger partial charge in [-0.2, -0.15) is 0 Å².